The van der Waals surface area contributed by atoms with Crippen LogP contribution in [0.15, 0.2) is 0 Å². The van der Waals surface area contributed by atoms with Crippen LogP contribution >= 0.6 is 0 Å². The smallest absolute Gasteiger partial charge is 0.127 e. The summed E-state index contributed by atoms with van der Waals surface area (Å²) in [6, 6.07) is 0.631. The minimum Gasteiger partial charge on any atom is -0.303 e. The SMILES string of the molecule is CCC(CC)N(CC(C)C)CC1(C=O)CCCC(C)C1. The van der Waals surface area contributed by atoms with Crippen molar-refractivity contribution >= 4 is 6.29 Å². The highest BCUT2D eigenvalue weighted by Gasteiger charge is 2.37. The van der Waals surface area contributed by atoms with Gasteiger partial charge in [-0.3, -0.25) is 4.90 Å². The van der Waals surface area contributed by atoms with Crippen LogP contribution in [0.2, 0.25) is 0 Å². The number of rotatable bonds is 8. The molecule has 0 aromatic carbocycles. The highest BCUT2D eigenvalue weighted by Crippen LogP contribution is 2.39. The molecule has 0 aliphatic heterocycles. The van der Waals surface area contributed by atoms with Gasteiger partial charge >= 0.3 is 0 Å². The fourth-order valence-electron chi connectivity index (χ4n) is 4.01. The van der Waals surface area contributed by atoms with Crippen molar-refractivity contribution in [1.82, 2.24) is 4.90 Å². The molecule has 2 nitrogen and oxygen atoms in total. The summed E-state index contributed by atoms with van der Waals surface area (Å²) in [4.78, 5) is 14.4. The predicted octanol–water partition coefficient (Wildman–Crippen LogP) is 4.53. The molecule has 0 heterocycles. The van der Waals surface area contributed by atoms with Crippen molar-refractivity contribution in [3.63, 3.8) is 0 Å². The molecule has 20 heavy (non-hydrogen) atoms. The zero-order valence-corrected chi connectivity index (χ0v) is 14.3. The van der Waals surface area contributed by atoms with Crippen molar-refractivity contribution < 1.29 is 4.79 Å². The molecule has 1 fully saturated rings. The summed E-state index contributed by atoms with van der Waals surface area (Å²) < 4.78 is 0. The van der Waals surface area contributed by atoms with Gasteiger partial charge < -0.3 is 4.79 Å². The topological polar surface area (TPSA) is 20.3 Å². The van der Waals surface area contributed by atoms with Crippen molar-refractivity contribution in [3.05, 3.63) is 0 Å². The fraction of sp³-hybridized carbons (Fsp3) is 0.944. The van der Waals surface area contributed by atoms with Gasteiger partial charge in [0.2, 0.25) is 0 Å². The van der Waals surface area contributed by atoms with Gasteiger partial charge in [0.1, 0.15) is 6.29 Å². The summed E-state index contributed by atoms with van der Waals surface area (Å²) in [7, 11) is 0. The van der Waals surface area contributed by atoms with Crippen LogP contribution in [-0.4, -0.2) is 30.3 Å². The van der Waals surface area contributed by atoms with Crippen LogP contribution in [0.5, 0.6) is 0 Å². The third-order valence-electron chi connectivity index (χ3n) is 4.95. The Balaban J connectivity index is 2.81. The Kier molecular flexibility index (Phi) is 7.22. The molecule has 0 radical (unpaired) electrons. The minimum atomic E-state index is -0.0743. The van der Waals surface area contributed by atoms with E-state index in [0.717, 1.165) is 25.9 Å². The van der Waals surface area contributed by atoms with Crippen LogP contribution < -0.4 is 0 Å². The standard InChI is InChI=1S/C18H35NO/c1-6-17(7-2)19(12-15(3)4)13-18(14-20)10-8-9-16(5)11-18/h14-17H,6-13H2,1-5H3. The van der Waals surface area contributed by atoms with Crippen LogP contribution in [0.3, 0.4) is 0 Å². The quantitative estimate of drug-likeness (QED) is 0.609. The molecule has 0 aromatic heterocycles. The largest absolute Gasteiger partial charge is 0.303 e. The van der Waals surface area contributed by atoms with Crippen molar-refractivity contribution in [2.45, 2.75) is 79.2 Å². The fourth-order valence-corrected chi connectivity index (χ4v) is 4.01. The molecule has 0 spiro atoms. The van der Waals surface area contributed by atoms with Crippen LogP contribution in [0.25, 0.3) is 0 Å². The van der Waals surface area contributed by atoms with E-state index < -0.39 is 0 Å². The number of carbonyl (C=O) groups excluding carboxylic acids is 1. The van der Waals surface area contributed by atoms with Gasteiger partial charge in [-0.05, 0) is 37.5 Å². The van der Waals surface area contributed by atoms with Gasteiger partial charge in [-0.25, -0.2) is 0 Å². The average Bonchev–Trinajstić information content (AvgIpc) is 2.39. The highest BCUT2D eigenvalue weighted by atomic mass is 16.1. The van der Waals surface area contributed by atoms with Crippen LogP contribution in [0, 0.1) is 17.3 Å². The van der Waals surface area contributed by atoms with Gasteiger partial charge in [-0.15, -0.1) is 0 Å². The number of aldehydes is 1. The Labute approximate surface area is 126 Å². The molecule has 2 unspecified atom stereocenters. The zero-order chi connectivity index (χ0) is 15.2. The molecular weight excluding hydrogens is 246 g/mol. The van der Waals surface area contributed by atoms with E-state index >= 15 is 0 Å². The van der Waals surface area contributed by atoms with Crippen molar-refractivity contribution in [2.24, 2.45) is 17.3 Å². The molecule has 1 saturated carbocycles. The maximum Gasteiger partial charge on any atom is 0.127 e. The second kappa shape index (κ2) is 8.17. The van der Waals surface area contributed by atoms with Gasteiger partial charge in [-0.2, -0.15) is 0 Å². The third-order valence-corrected chi connectivity index (χ3v) is 4.95. The molecule has 0 N–H and O–H groups in total. The monoisotopic (exact) mass is 281 g/mol. The van der Waals surface area contributed by atoms with E-state index in [1.54, 1.807) is 0 Å². The first-order valence-corrected chi connectivity index (χ1v) is 8.66. The summed E-state index contributed by atoms with van der Waals surface area (Å²) in [6.07, 6.45) is 8.36. The predicted molar refractivity (Wildman–Crippen MR) is 86.9 cm³/mol. The van der Waals surface area contributed by atoms with Gasteiger partial charge in [0.25, 0.3) is 0 Å². The summed E-state index contributed by atoms with van der Waals surface area (Å²) in [5.74, 6) is 1.37. The van der Waals surface area contributed by atoms with E-state index in [4.69, 9.17) is 0 Å². The molecule has 0 bridgehead atoms. The maximum atomic E-state index is 11.8. The lowest BCUT2D eigenvalue weighted by molar-refractivity contribution is -0.120. The highest BCUT2D eigenvalue weighted by molar-refractivity contribution is 5.60. The molecule has 0 amide bonds. The van der Waals surface area contributed by atoms with Crippen LogP contribution in [-0.2, 0) is 4.79 Å². The van der Waals surface area contributed by atoms with E-state index in [-0.39, 0.29) is 5.41 Å². The van der Waals surface area contributed by atoms with E-state index in [1.807, 2.05) is 0 Å². The Morgan fingerprint density at radius 3 is 2.40 bits per heavy atom. The van der Waals surface area contributed by atoms with Gasteiger partial charge in [-0.1, -0.05) is 47.5 Å². The number of carbonyl (C=O) groups is 1. The van der Waals surface area contributed by atoms with E-state index in [0.29, 0.717) is 17.9 Å². The van der Waals surface area contributed by atoms with Gasteiger partial charge in [0.15, 0.2) is 0 Å². The van der Waals surface area contributed by atoms with Crippen LogP contribution in [0.1, 0.15) is 73.1 Å². The first-order valence-electron chi connectivity index (χ1n) is 8.66. The van der Waals surface area contributed by atoms with Crippen LogP contribution in [0.4, 0.5) is 0 Å². The number of hydrogen-bond donors (Lipinski definition) is 0. The molecule has 118 valence electrons. The lowest BCUT2D eigenvalue weighted by Gasteiger charge is -2.42. The summed E-state index contributed by atoms with van der Waals surface area (Å²) in [5.41, 5.74) is -0.0743. The molecular formula is C18H35NO. The van der Waals surface area contributed by atoms with Gasteiger partial charge in [0, 0.05) is 24.5 Å². The average molecular weight is 281 g/mol. The maximum absolute atomic E-state index is 11.8. The van der Waals surface area contributed by atoms with E-state index in [1.165, 1.54) is 32.0 Å². The Hall–Kier alpha value is -0.370. The lowest BCUT2D eigenvalue weighted by atomic mass is 9.70. The molecule has 2 atom stereocenters. The molecule has 1 rings (SSSR count). The number of hydrogen-bond acceptors (Lipinski definition) is 2. The summed E-state index contributed by atoms with van der Waals surface area (Å²) in [6.45, 7) is 13.5. The summed E-state index contributed by atoms with van der Waals surface area (Å²) in [5, 5.41) is 0. The second-order valence-corrected chi connectivity index (χ2v) is 7.48. The summed E-state index contributed by atoms with van der Waals surface area (Å²) >= 11 is 0. The third kappa shape index (κ3) is 4.87. The zero-order valence-electron chi connectivity index (χ0n) is 14.3. The van der Waals surface area contributed by atoms with Crippen molar-refractivity contribution in [2.75, 3.05) is 13.1 Å². The van der Waals surface area contributed by atoms with E-state index in [9.17, 15) is 4.79 Å². The molecule has 1 aliphatic rings. The first-order chi connectivity index (χ1) is 9.46. The molecule has 0 aromatic rings. The van der Waals surface area contributed by atoms with Gasteiger partial charge in [0.05, 0.1) is 0 Å². The Morgan fingerprint density at radius 2 is 1.95 bits per heavy atom. The molecule has 1 aliphatic carbocycles. The Morgan fingerprint density at radius 1 is 1.30 bits per heavy atom. The molecule has 2 heteroatoms. The van der Waals surface area contributed by atoms with Crippen molar-refractivity contribution in [1.29, 1.82) is 0 Å². The second-order valence-electron chi connectivity index (χ2n) is 7.48. The number of nitrogens with zero attached hydrogens (tertiary/aromatic N) is 1. The first kappa shape index (κ1) is 17.7. The van der Waals surface area contributed by atoms with E-state index in [2.05, 4.69) is 39.5 Å². The normalized spacial score (nSPS) is 27.5. The lowest BCUT2D eigenvalue weighted by Crippen LogP contribution is -2.47. The molecule has 0 saturated heterocycles. The van der Waals surface area contributed by atoms with Crippen molar-refractivity contribution in [3.8, 4) is 0 Å². The Bertz CT molecular complexity index is 285. The minimum absolute atomic E-state index is 0.0743.